The van der Waals surface area contributed by atoms with Crippen molar-refractivity contribution in [2.45, 2.75) is 38.2 Å². The Morgan fingerprint density at radius 3 is 2.87 bits per heavy atom. The molecule has 0 spiro atoms. The SMILES string of the molecule is C[N+](C)(CCNC(=O)CCCO[N+](=O)[O-])CC(O)COc1cccc2c1CCCC2=O. The van der Waals surface area contributed by atoms with E-state index in [0.29, 0.717) is 36.3 Å². The highest BCUT2D eigenvalue weighted by atomic mass is 16.9. The quantitative estimate of drug-likeness (QED) is 0.204. The molecular formula is C21H32N3O7+. The van der Waals surface area contributed by atoms with Gasteiger partial charge in [0.2, 0.25) is 5.91 Å². The highest BCUT2D eigenvalue weighted by Crippen LogP contribution is 2.29. The first-order chi connectivity index (χ1) is 14.7. The van der Waals surface area contributed by atoms with Gasteiger partial charge in [-0.05, 0) is 25.3 Å². The molecule has 0 saturated carbocycles. The molecule has 0 bridgehead atoms. The number of benzene rings is 1. The summed E-state index contributed by atoms with van der Waals surface area (Å²) in [6.45, 7) is 1.47. The Kier molecular flexibility index (Phi) is 9.20. The van der Waals surface area contributed by atoms with Crippen LogP contribution in [0.1, 0.15) is 41.6 Å². The summed E-state index contributed by atoms with van der Waals surface area (Å²) in [5.74, 6) is 0.597. The zero-order valence-corrected chi connectivity index (χ0v) is 18.2. The number of hydrogen-bond acceptors (Lipinski definition) is 7. The molecule has 1 aromatic carbocycles. The van der Waals surface area contributed by atoms with Gasteiger partial charge in [0.1, 0.15) is 25.0 Å². The van der Waals surface area contributed by atoms with Crippen molar-refractivity contribution in [3.8, 4) is 5.75 Å². The third kappa shape index (κ3) is 8.50. The highest BCUT2D eigenvalue weighted by molar-refractivity contribution is 5.99. The average Bonchev–Trinajstić information content (AvgIpc) is 2.69. The number of ketones is 1. The van der Waals surface area contributed by atoms with E-state index in [0.717, 1.165) is 24.0 Å². The molecule has 2 N–H and O–H groups in total. The number of carbonyl (C=O) groups is 2. The zero-order chi connectivity index (χ0) is 22.9. The van der Waals surface area contributed by atoms with Crippen molar-refractivity contribution in [3.63, 3.8) is 0 Å². The number of quaternary nitrogens is 1. The Bertz CT molecular complexity index is 782. The molecule has 10 nitrogen and oxygen atoms in total. The fourth-order valence-corrected chi connectivity index (χ4v) is 3.64. The molecule has 1 unspecified atom stereocenters. The summed E-state index contributed by atoms with van der Waals surface area (Å²) >= 11 is 0. The normalized spacial score (nSPS) is 14.5. The van der Waals surface area contributed by atoms with Gasteiger partial charge in [0.25, 0.3) is 5.09 Å². The number of Topliss-reactive ketones (excluding diaryl/α,β-unsaturated/α-hetero) is 1. The minimum atomic E-state index is -0.876. The molecule has 1 aromatic rings. The van der Waals surface area contributed by atoms with Crippen molar-refractivity contribution >= 4 is 11.7 Å². The molecule has 0 aromatic heterocycles. The smallest absolute Gasteiger partial charge is 0.294 e. The number of ether oxygens (including phenoxy) is 1. The van der Waals surface area contributed by atoms with Gasteiger partial charge in [-0.15, -0.1) is 10.1 Å². The Balaban J connectivity index is 1.71. The Morgan fingerprint density at radius 2 is 2.13 bits per heavy atom. The van der Waals surface area contributed by atoms with E-state index in [9.17, 15) is 24.8 Å². The van der Waals surface area contributed by atoms with Gasteiger partial charge in [0, 0.05) is 24.0 Å². The van der Waals surface area contributed by atoms with Crippen LogP contribution in [0.4, 0.5) is 0 Å². The lowest BCUT2D eigenvalue weighted by atomic mass is 9.90. The number of amides is 1. The second kappa shape index (κ2) is 11.6. The first-order valence-corrected chi connectivity index (χ1v) is 10.5. The van der Waals surface area contributed by atoms with Gasteiger partial charge in [-0.1, -0.05) is 12.1 Å². The number of rotatable bonds is 13. The molecule has 0 radical (unpaired) electrons. The van der Waals surface area contributed by atoms with Crippen molar-refractivity contribution in [2.24, 2.45) is 0 Å². The van der Waals surface area contributed by atoms with Crippen LogP contribution >= 0.6 is 0 Å². The Labute approximate surface area is 181 Å². The number of aliphatic hydroxyl groups is 1. The van der Waals surface area contributed by atoms with Gasteiger partial charge < -0.3 is 24.5 Å². The third-order valence-corrected chi connectivity index (χ3v) is 5.18. The molecule has 31 heavy (non-hydrogen) atoms. The minimum Gasteiger partial charge on any atom is -0.490 e. The van der Waals surface area contributed by atoms with Crippen LogP contribution in [0.2, 0.25) is 0 Å². The maximum atomic E-state index is 12.0. The van der Waals surface area contributed by atoms with Crippen LogP contribution in [0.3, 0.4) is 0 Å². The Morgan fingerprint density at radius 1 is 1.35 bits per heavy atom. The first-order valence-electron chi connectivity index (χ1n) is 10.5. The van der Waals surface area contributed by atoms with Gasteiger partial charge in [-0.3, -0.25) is 9.59 Å². The van der Waals surface area contributed by atoms with E-state index >= 15 is 0 Å². The third-order valence-electron chi connectivity index (χ3n) is 5.18. The predicted octanol–water partition coefficient (Wildman–Crippen LogP) is 1.13. The number of hydrogen-bond donors (Lipinski definition) is 2. The lowest BCUT2D eigenvalue weighted by molar-refractivity contribution is -0.892. The molecule has 0 aliphatic heterocycles. The molecule has 172 valence electrons. The van der Waals surface area contributed by atoms with E-state index in [4.69, 9.17) is 4.74 Å². The molecule has 1 aliphatic rings. The molecule has 0 heterocycles. The summed E-state index contributed by atoms with van der Waals surface area (Å²) in [5.41, 5.74) is 1.64. The van der Waals surface area contributed by atoms with E-state index < -0.39 is 11.2 Å². The van der Waals surface area contributed by atoms with Crippen LogP contribution in [-0.4, -0.2) is 79.4 Å². The van der Waals surface area contributed by atoms with Gasteiger partial charge in [0.05, 0.1) is 33.8 Å². The summed E-state index contributed by atoms with van der Waals surface area (Å²) < 4.78 is 6.31. The summed E-state index contributed by atoms with van der Waals surface area (Å²) in [7, 11) is 3.90. The summed E-state index contributed by atoms with van der Waals surface area (Å²) in [6, 6.07) is 5.45. The molecule has 10 heteroatoms. The number of nitrogens with one attached hydrogen (secondary N) is 1. The van der Waals surface area contributed by atoms with Gasteiger partial charge >= 0.3 is 0 Å². The van der Waals surface area contributed by atoms with E-state index in [1.807, 2.05) is 26.2 Å². The monoisotopic (exact) mass is 438 g/mol. The minimum absolute atomic E-state index is 0.104. The maximum absolute atomic E-state index is 12.0. The van der Waals surface area contributed by atoms with Gasteiger partial charge in [-0.2, -0.15) is 0 Å². The van der Waals surface area contributed by atoms with Crippen molar-refractivity contribution in [1.82, 2.24) is 5.32 Å². The molecular weight excluding hydrogens is 406 g/mol. The number of likely N-dealkylation sites (N-methyl/N-ethyl adjacent to an activating group) is 1. The summed E-state index contributed by atoms with van der Waals surface area (Å²) in [5, 5.41) is 22.4. The molecule has 1 amide bonds. The fourth-order valence-electron chi connectivity index (χ4n) is 3.64. The number of nitrogens with zero attached hydrogens (tertiary/aromatic N) is 2. The molecule has 1 aliphatic carbocycles. The molecule has 0 saturated heterocycles. The van der Waals surface area contributed by atoms with Crippen LogP contribution in [0.5, 0.6) is 5.75 Å². The van der Waals surface area contributed by atoms with Crippen LogP contribution in [0, 0.1) is 10.1 Å². The number of fused-ring (bicyclic) bond motifs is 1. The van der Waals surface area contributed by atoms with E-state index in [1.165, 1.54) is 0 Å². The lowest BCUT2D eigenvalue weighted by Gasteiger charge is -2.32. The summed E-state index contributed by atoms with van der Waals surface area (Å²) in [6.07, 6.45) is 1.89. The van der Waals surface area contributed by atoms with Gasteiger partial charge in [0.15, 0.2) is 5.78 Å². The first kappa shape index (κ1) is 24.5. The van der Waals surface area contributed by atoms with E-state index in [-0.39, 0.29) is 37.7 Å². The van der Waals surface area contributed by atoms with Crippen molar-refractivity contribution in [3.05, 3.63) is 39.4 Å². The average molecular weight is 439 g/mol. The largest absolute Gasteiger partial charge is 0.490 e. The fraction of sp³-hybridized carbons (Fsp3) is 0.619. The zero-order valence-electron chi connectivity index (χ0n) is 18.2. The summed E-state index contributed by atoms with van der Waals surface area (Å²) in [4.78, 5) is 38.0. The maximum Gasteiger partial charge on any atom is 0.294 e. The predicted molar refractivity (Wildman–Crippen MR) is 112 cm³/mol. The highest BCUT2D eigenvalue weighted by Gasteiger charge is 2.23. The lowest BCUT2D eigenvalue weighted by Crippen LogP contribution is -2.50. The van der Waals surface area contributed by atoms with Crippen molar-refractivity contribution in [2.75, 3.05) is 46.9 Å². The van der Waals surface area contributed by atoms with E-state index in [2.05, 4.69) is 10.2 Å². The van der Waals surface area contributed by atoms with Gasteiger partial charge in [-0.25, -0.2) is 0 Å². The second-order valence-electron chi connectivity index (χ2n) is 8.38. The molecule has 0 fully saturated rings. The number of aliphatic hydroxyl groups excluding tert-OH is 1. The van der Waals surface area contributed by atoms with Crippen molar-refractivity contribution < 1.29 is 33.8 Å². The van der Waals surface area contributed by atoms with E-state index in [1.54, 1.807) is 6.07 Å². The second-order valence-corrected chi connectivity index (χ2v) is 8.38. The molecule has 2 rings (SSSR count). The molecule has 1 atom stereocenters. The topological polar surface area (TPSA) is 128 Å². The van der Waals surface area contributed by atoms with Crippen molar-refractivity contribution in [1.29, 1.82) is 0 Å². The van der Waals surface area contributed by atoms with Crippen LogP contribution in [-0.2, 0) is 16.1 Å². The van der Waals surface area contributed by atoms with Crippen LogP contribution < -0.4 is 10.1 Å². The van der Waals surface area contributed by atoms with Crippen LogP contribution in [0.15, 0.2) is 18.2 Å². The standard InChI is InChI=1S/C21H31N3O7/c1-24(2,12-11-22-21(27)10-5-13-31-23(28)29)14-16(25)15-30-20-9-4-6-17-18(20)7-3-8-19(17)26/h4,6,9,16,25H,3,5,7-8,10-15H2,1-2H3/p+1. The Hall–Kier alpha value is -2.72. The van der Waals surface area contributed by atoms with Crippen LogP contribution in [0.25, 0.3) is 0 Å². The number of carbonyl (C=O) groups excluding carboxylic acids is 2.